The molecule has 0 saturated carbocycles. The van der Waals surface area contributed by atoms with Crippen LogP contribution in [0.15, 0.2) is 24.3 Å². The number of benzene rings is 1. The molecular weight excluding hydrogens is 248 g/mol. The van der Waals surface area contributed by atoms with Crippen molar-refractivity contribution in [3.8, 4) is 5.75 Å². The molecule has 1 aromatic rings. The summed E-state index contributed by atoms with van der Waals surface area (Å²) < 4.78 is 5.55. The Hall–Kier alpha value is -1.06. The van der Waals surface area contributed by atoms with Crippen LogP contribution in [0.25, 0.3) is 0 Å². The van der Waals surface area contributed by atoms with Gasteiger partial charge in [-0.15, -0.1) is 0 Å². The van der Waals surface area contributed by atoms with E-state index in [1.807, 2.05) is 6.92 Å². The first-order chi connectivity index (χ1) is 9.76. The molecule has 1 N–H and O–H groups in total. The predicted molar refractivity (Wildman–Crippen MR) is 84.2 cm³/mol. The lowest BCUT2D eigenvalue weighted by atomic mass is 9.90. The quantitative estimate of drug-likeness (QED) is 0.864. The van der Waals surface area contributed by atoms with Crippen molar-refractivity contribution in [2.24, 2.45) is 5.92 Å². The van der Waals surface area contributed by atoms with Gasteiger partial charge < -0.3 is 10.1 Å². The first kappa shape index (κ1) is 15.3. The number of piperazine rings is 1. The molecule has 1 fully saturated rings. The number of nitrogens with zero attached hydrogens (tertiary/aromatic N) is 1. The number of rotatable bonds is 6. The molecule has 3 nitrogen and oxygen atoms in total. The Bertz CT molecular complexity index is 384. The zero-order valence-electron chi connectivity index (χ0n) is 13.1. The van der Waals surface area contributed by atoms with E-state index in [0.29, 0.717) is 12.0 Å². The zero-order chi connectivity index (χ0) is 14.4. The second kappa shape index (κ2) is 7.65. The summed E-state index contributed by atoms with van der Waals surface area (Å²) in [4.78, 5) is 2.63. The van der Waals surface area contributed by atoms with Crippen LogP contribution in [0, 0.1) is 5.92 Å². The predicted octanol–water partition coefficient (Wildman–Crippen LogP) is 3.08. The minimum atomic E-state index is 0.526. The van der Waals surface area contributed by atoms with Crippen LogP contribution in [0.1, 0.15) is 38.8 Å². The van der Waals surface area contributed by atoms with Crippen molar-refractivity contribution in [3.63, 3.8) is 0 Å². The van der Waals surface area contributed by atoms with Crippen molar-refractivity contribution in [3.05, 3.63) is 29.8 Å². The van der Waals surface area contributed by atoms with E-state index in [2.05, 4.69) is 48.3 Å². The summed E-state index contributed by atoms with van der Waals surface area (Å²) in [6.45, 7) is 11.9. The highest BCUT2D eigenvalue weighted by atomic mass is 16.5. The average molecular weight is 276 g/mol. The molecule has 0 amide bonds. The highest BCUT2D eigenvalue weighted by Gasteiger charge is 2.26. The normalized spacial score (nSPS) is 19.6. The Morgan fingerprint density at radius 3 is 2.35 bits per heavy atom. The highest BCUT2D eigenvalue weighted by molar-refractivity contribution is 5.29. The maximum absolute atomic E-state index is 5.55. The molecular formula is C17H28N2O. The van der Waals surface area contributed by atoms with Gasteiger partial charge in [0, 0.05) is 32.2 Å². The Kier molecular flexibility index (Phi) is 5.86. The first-order valence-electron chi connectivity index (χ1n) is 7.93. The molecule has 3 heteroatoms. The minimum absolute atomic E-state index is 0.526. The minimum Gasteiger partial charge on any atom is -0.494 e. The van der Waals surface area contributed by atoms with E-state index in [1.165, 1.54) is 12.0 Å². The topological polar surface area (TPSA) is 24.5 Å². The summed E-state index contributed by atoms with van der Waals surface area (Å²) in [6.07, 6.45) is 1.21. The average Bonchev–Trinajstić information content (AvgIpc) is 2.50. The number of hydrogen-bond acceptors (Lipinski definition) is 3. The molecule has 1 aliphatic rings. The third kappa shape index (κ3) is 3.74. The van der Waals surface area contributed by atoms with Crippen molar-refractivity contribution in [1.82, 2.24) is 10.2 Å². The van der Waals surface area contributed by atoms with Gasteiger partial charge in [0.15, 0.2) is 0 Å². The lowest BCUT2D eigenvalue weighted by Gasteiger charge is -2.38. The summed E-state index contributed by atoms with van der Waals surface area (Å²) in [5.41, 5.74) is 1.42. The van der Waals surface area contributed by atoms with Crippen LogP contribution in [0.3, 0.4) is 0 Å². The second-order valence-corrected chi connectivity index (χ2v) is 5.62. The van der Waals surface area contributed by atoms with Crippen LogP contribution >= 0.6 is 0 Å². The summed E-state index contributed by atoms with van der Waals surface area (Å²) in [7, 11) is 0. The standard InChI is InChI=1S/C17H28N2O/c1-4-14(3)17(19-12-10-18-11-13-19)15-6-8-16(9-7-15)20-5-2/h6-9,14,17-18H,4-5,10-13H2,1-3H3/t14?,17-/m0/s1. The fraction of sp³-hybridized carbons (Fsp3) is 0.647. The first-order valence-corrected chi connectivity index (χ1v) is 7.93. The third-order valence-electron chi connectivity index (χ3n) is 4.26. The van der Waals surface area contributed by atoms with Gasteiger partial charge in [0.25, 0.3) is 0 Å². The molecule has 112 valence electrons. The van der Waals surface area contributed by atoms with Crippen LogP contribution < -0.4 is 10.1 Å². The molecule has 0 spiro atoms. The van der Waals surface area contributed by atoms with Crippen molar-refractivity contribution < 1.29 is 4.74 Å². The Balaban J connectivity index is 2.16. The Morgan fingerprint density at radius 2 is 1.80 bits per heavy atom. The molecule has 1 unspecified atom stereocenters. The largest absolute Gasteiger partial charge is 0.494 e. The van der Waals surface area contributed by atoms with Crippen LogP contribution in [-0.2, 0) is 0 Å². The molecule has 1 aliphatic heterocycles. The van der Waals surface area contributed by atoms with Crippen molar-refractivity contribution in [2.75, 3.05) is 32.8 Å². The summed E-state index contributed by atoms with van der Waals surface area (Å²) in [6, 6.07) is 9.22. The van der Waals surface area contributed by atoms with Crippen LogP contribution in [0.2, 0.25) is 0 Å². The SMILES string of the molecule is CCOc1ccc([C@H](C(C)CC)N2CCNCC2)cc1. The maximum atomic E-state index is 5.55. The van der Waals surface area contributed by atoms with E-state index < -0.39 is 0 Å². The van der Waals surface area contributed by atoms with E-state index in [4.69, 9.17) is 4.74 Å². The molecule has 1 aromatic carbocycles. The second-order valence-electron chi connectivity index (χ2n) is 5.62. The van der Waals surface area contributed by atoms with Crippen LogP contribution in [0.4, 0.5) is 0 Å². The lowest BCUT2D eigenvalue weighted by Crippen LogP contribution is -2.46. The lowest BCUT2D eigenvalue weighted by molar-refractivity contribution is 0.128. The molecule has 2 atom stereocenters. The van der Waals surface area contributed by atoms with Crippen molar-refractivity contribution >= 4 is 0 Å². The van der Waals surface area contributed by atoms with Gasteiger partial charge in [-0.3, -0.25) is 4.90 Å². The Labute approximate surface area is 123 Å². The van der Waals surface area contributed by atoms with Gasteiger partial charge in [-0.1, -0.05) is 32.4 Å². The number of ether oxygens (including phenoxy) is 1. The highest BCUT2D eigenvalue weighted by Crippen LogP contribution is 2.31. The fourth-order valence-corrected chi connectivity index (χ4v) is 3.01. The van der Waals surface area contributed by atoms with Gasteiger partial charge in [0.05, 0.1) is 6.61 Å². The van der Waals surface area contributed by atoms with Crippen molar-refractivity contribution in [2.45, 2.75) is 33.2 Å². The van der Waals surface area contributed by atoms with E-state index >= 15 is 0 Å². The van der Waals surface area contributed by atoms with Gasteiger partial charge in [-0.2, -0.15) is 0 Å². The van der Waals surface area contributed by atoms with E-state index in [9.17, 15) is 0 Å². The summed E-state index contributed by atoms with van der Waals surface area (Å²) >= 11 is 0. The molecule has 20 heavy (non-hydrogen) atoms. The van der Waals surface area contributed by atoms with Crippen molar-refractivity contribution in [1.29, 1.82) is 0 Å². The monoisotopic (exact) mass is 276 g/mol. The van der Waals surface area contributed by atoms with Gasteiger partial charge in [0.2, 0.25) is 0 Å². The molecule has 0 aliphatic carbocycles. The van der Waals surface area contributed by atoms with E-state index in [0.717, 1.165) is 38.5 Å². The molecule has 0 bridgehead atoms. The molecule has 0 radical (unpaired) electrons. The molecule has 2 rings (SSSR count). The van der Waals surface area contributed by atoms with Gasteiger partial charge in [-0.05, 0) is 30.5 Å². The summed E-state index contributed by atoms with van der Waals surface area (Å²) in [5, 5.41) is 3.44. The number of nitrogens with one attached hydrogen (secondary N) is 1. The zero-order valence-corrected chi connectivity index (χ0v) is 13.1. The maximum Gasteiger partial charge on any atom is 0.119 e. The van der Waals surface area contributed by atoms with Crippen LogP contribution in [-0.4, -0.2) is 37.7 Å². The fourth-order valence-electron chi connectivity index (χ4n) is 3.01. The van der Waals surface area contributed by atoms with Gasteiger partial charge in [0.1, 0.15) is 5.75 Å². The Morgan fingerprint density at radius 1 is 1.15 bits per heavy atom. The van der Waals surface area contributed by atoms with E-state index in [-0.39, 0.29) is 0 Å². The van der Waals surface area contributed by atoms with Gasteiger partial charge >= 0.3 is 0 Å². The third-order valence-corrected chi connectivity index (χ3v) is 4.26. The van der Waals surface area contributed by atoms with Gasteiger partial charge in [-0.25, -0.2) is 0 Å². The summed E-state index contributed by atoms with van der Waals surface area (Å²) in [5.74, 6) is 1.64. The number of hydrogen-bond donors (Lipinski definition) is 1. The van der Waals surface area contributed by atoms with Crippen LogP contribution in [0.5, 0.6) is 5.75 Å². The molecule has 0 aromatic heterocycles. The smallest absolute Gasteiger partial charge is 0.119 e. The molecule has 1 heterocycles. The van der Waals surface area contributed by atoms with E-state index in [1.54, 1.807) is 0 Å². The molecule has 1 saturated heterocycles.